The molecule has 25 heavy (non-hydrogen) atoms. The van der Waals surface area contributed by atoms with E-state index in [1.165, 1.54) is 24.1 Å². The number of hydrogen-bond donors (Lipinski definition) is 1. The Balaban J connectivity index is 1.60. The largest absolute Gasteiger partial charge is 0.363 e. The van der Waals surface area contributed by atoms with E-state index in [2.05, 4.69) is 20.1 Å². The third kappa shape index (κ3) is 3.58. The number of amides is 2. The molecule has 3 heterocycles. The summed E-state index contributed by atoms with van der Waals surface area (Å²) in [5.41, 5.74) is 0. The summed E-state index contributed by atoms with van der Waals surface area (Å²) < 4.78 is 34.0. The molecule has 2 atom stereocenters. The van der Waals surface area contributed by atoms with E-state index >= 15 is 4.39 Å². The Labute approximate surface area is 146 Å². The molecule has 1 aliphatic heterocycles. The number of alkyl halides is 1. The van der Waals surface area contributed by atoms with Crippen molar-refractivity contribution in [1.82, 2.24) is 19.8 Å². The van der Waals surface area contributed by atoms with Crippen molar-refractivity contribution in [3.63, 3.8) is 0 Å². The predicted octanol–water partition coefficient (Wildman–Crippen LogP) is 2.15. The maximum absolute atomic E-state index is 15.3. The molecule has 10 heteroatoms. The van der Waals surface area contributed by atoms with Gasteiger partial charge in [-0.2, -0.15) is 5.10 Å². The number of piperidine rings is 1. The lowest BCUT2D eigenvalue weighted by Crippen LogP contribution is -2.46. The number of aromatic nitrogens is 3. The number of carbonyl (C=O) groups is 1. The summed E-state index contributed by atoms with van der Waals surface area (Å²) in [6.07, 6.45) is 3.73. The molecule has 0 radical (unpaired) electrons. The third-order valence-electron chi connectivity index (χ3n) is 4.51. The van der Waals surface area contributed by atoms with Gasteiger partial charge in [-0.3, -0.25) is 10.00 Å². The van der Waals surface area contributed by atoms with Crippen molar-refractivity contribution in [2.45, 2.75) is 29.8 Å². The molecule has 1 aliphatic rings. The highest BCUT2D eigenvalue weighted by atomic mass is 32.2. The van der Waals surface area contributed by atoms with Crippen LogP contribution in [0.25, 0.3) is 0 Å². The van der Waals surface area contributed by atoms with Gasteiger partial charge in [-0.25, -0.2) is 13.4 Å². The van der Waals surface area contributed by atoms with Crippen LogP contribution in [0.3, 0.4) is 0 Å². The van der Waals surface area contributed by atoms with E-state index in [4.69, 9.17) is 0 Å². The van der Waals surface area contributed by atoms with Gasteiger partial charge in [0.2, 0.25) is 0 Å². The normalized spacial score (nSPS) is 19.4. The SMILES string of the molecule is Cn1nccc1S(=O)C(C)(F)C1CCN(C(=O)Nc2ccon2)CC1. The second-order valence-electron chi connectivity index (χ2n) is 6.12. The summed E-state index contributed by atoms with van der Waals surface area (Å²) in [7, 11) is -0.188. The fraction of sp³-hybridized carbons (Fsp3) is 0.533. The Morgan fingerprint density at radius 2 is 2.16 bits per heavy atom. The second kappa shape index (κ2) is 6.95. The second-order valence-corrected chi connectivity index (χ2v) is 7.88. The van der Waals surface area contributed by atoms with E-state index in [1.807, 2.05) is 0 Å². The molecule has 3 rings (SSSR count). The minimum Gasteiger partial charge on any atom is -0.363 e. The van der Waals surface area contributed by atoms with Gasteiger partial charge in [0.25, 0.3) is 0 Å². The monoisotopic (exact) mass is 369 g/mol. The van der Waals surface area contributed by atoms with Crippen LogP contribution in [0.4, 0.5) is 15.0 Å². The zero-order valence-electron chi connectivity index (χ0n) is 14.0. The molecular weight excluding hydrogens is 349 g/mol. The fourth-order valence-electron chi connectivity index (χ4n) is 2.96. The Bertz CT molecular complexity index is 753. The van der Waals surface area contributed by atoms with Gasteiger partial charge in [0.1, 0.15) is 22.1 Å². The Morgan fingerprint density at radius 3 is 2.72 bits per heavy atom. The van der Waals surface area contributed by atoms with E-state index in [-0.39, 0.29) is 6.03 Å². The highest BCUT2D eigenvalue weighted by Crippen LogP contribution is 2.36. The zero-order valence-corrected chi connectivity index (χ0v) is 14.8. The van der Waals surface area contributed by atoms with Crippen LogP contribution in [-0.2, 0) is 17.8 Å². The van der Waals surface area contributed by atoms with Gasteiger partial charge in [-0.05, 0) is 25.8 Å². The number of nitrogens with zero attached hydrogens (tertiary/aromatic N) is 4. The van der Waals surface area contributed by atoms with Crippen LogP contribution in [-0.4, -0.2) is 48.2 Å². The summed E-state index contributed by atoms with van der Waals surface area (Å²) in [4.78, 5) is 13.7. The molecule has 0 spiro atoms. The minimum absolute atomic E-state index is 0.305. The van der Waals surface area contributed by atoms with Crippen LogP contribution < -0.4 is 5.32 Å². The van der Waals surface area contributed by atoms with Gasteiger partial charge >= 0.3 is 6.03 Å². The summed E-state index contributed by atoms with van der Waals surface area (Å²) in [5.74, 6) is -0.0703. The Kier molecular flexibility index (Phi) is 4.89. The van der Waals surface area contributed by atoms with E-state index in [0.717, 1.165) is 0 Å². The lowest BCUT2D eigenvalue weighted by molar-refractivity contribution is 0.120. The zero-order chi connectivity index (χ0) is 18.0. The summed E-state index contributed by atoms with van der Waals surface area (Å²) >= 11 is 0. The average molecular weight is 369 g/mol. The first-order valence-electron chi connectivity index (χ1n) is 7.94. The van der Waals surface area contributed by atoms with Crippen molar-refractivity contribution in [2.24, 2.45) is 13.0 Å². The Morgan fingerprint density at radius 1 is 1.44 bits per heavy atom. The quantitative estimate of drug-likeness (QED) is 0.891. The molecule has 136 valence electrons. The third-order valence-corrected chi connectivity index (χ3v) is 6.35. The van der Waals surface area contributed by atoms with E-state index in [1.54, 1.807) is 24.1 Å². The molecule has 1 N–H and O–H groups in total. The molecule has 8 nitrogen and oxygen atoms in total. The number of urea groups is 1. The maximum Gasteiger partial charge on any atom is 0.323 e. The highest BCUT2D eigenvalue weighted by molar-refractivity contribution is 7.86. The first-order chi connectivity index (χ1) is 11.9. The molecule has 0 aliphatic carbocycles. The fourth-order valence-corrected chi connectivity index (χ4v) is 4.38. The molecule has 0 saturated carbocycles. The number of hydrogen-bond acceptors (Lipinski definition) is 5. The van der Waals surface area contributed by atoms with Crippen molar-refractivity contribution >= 4 is 22.6 Å². The number of carbonyl (C=O) groups excluding carboxylic acids is 1. The van der Waals surface area contributed by atoms with Crippen LogP contribution in [0, 0.1) is 5.92 Å². The molecule has 2 amide bonds. The molecule has 1 saturated heterocycles. The van der Waals surface area contributed by atoms with Crippen LogP contribution in [0.2, 0.25) is 0 Å². The number of nitrogens with one attached hydrogen (secondary N) is 1. The van der Waals surface area contributed by atoms with Gasteiger partial charge in [-0.15, -0.1) is 0 Å². The van der Waals surface area contributed by atoms with Crippen LogP contribution in [0.15, 0.2) is 34.1 Å². The molecule has 2 aromatic rings. The smallest absolute Gasteiger partial charge is 0.323 e. The predicted molar refractivity (Wildman–Crippen MR) is 88.9 cm³/mol. The number of halogens is 1. The van der Waals surface area contributed by atoms with Gasteiger partial charge < -0.3 is 9.42 Å². The highest BCUT2D eigenvalue weighted by Gasteiger charge is 2.43. The standard InChI is InChI=1S/C15H20FN5O3S/c1-15(16,25(23)13-3-7-17-20(13)2)11-4-8-21(9-5-11)14(22)18-12-6-10-24-19-12/h3,6-7,10-11H,4-5,8-9H2,1-2H3,(H,18,19,22). The lowest BCUT2D eigenvalue weighted by atomic mass is 9.92. The first kappa shape index (κ1) is 17.6. The van der Waals surface area contributed by atoms with E-state index in [0.29, 0.717) is 36.8 Å². The van der Waals surface area contributed by atoms with Crippen molar-refractivity contribution in [1.29, 1.82) is 0 Å². The van der Waals surface area contributed by atoms with Crippen molar-refractivity contribution in [3.8, 4) is 0 Å². The van der Waals surface area contributed by atoms with Crippen LogP contribution in [0.5, 0.6) is 0 Å². The molecule has 1 fully saturated rings. The number of anilines is 1. The summed E-state index contributed by atoms with van der Waals surface area (Å²) in [6, 6.07) is 2.80. The number of aryl methyl sites for hydroxylation is 1. The van der Waals surface area contributed by atoms with Crippen LogP contribution >= 0.6 is 0 Å². The van der Waals surface area contributed by atoms with E-state index in [9.17, 15) is 9.00 Å². The van der Waals surface area contributed by atoms with Crippen molar-refractivity contribution in [3.05, 3.63) is 24.6 Å². The number of likely N-dealkylation sites (tertiary alicyclic amines) is 1. The average Bonchev–Trinajstić information content (AvgIpc) is 3.25. The van der Waals surface area contributed by atoms with Crippen molar-refractivity contribution in [2.75, 3.05) is 18.4 Å². The summed E-state index contributed by atoms with van der Waals surface area (Å²) in [6.45, 7) is 2.14. The van der Waals surface area contributed by atoms with Gasteiger partial charge in [0, 0.05) is 32.1 Å². The van der Waals surface area contributed by atoms with Gasteiger partial charge in [0.15, 0.2) is 10.8 Å². The van der Waals surface area contributed by atoms with Crippen LogP contribution in [0.1, 0.15) is 19.8 Å². The van der Waals surface area contributed by atoms with Gasteiger partial charge in [0.05, 0.1) is 6.20 Å². The Hall–Kier alpha value is -2.23. The molecule has 0 bridgehead atoms. The van der Waals surface area contributed by atoms with Crippen molar-refractivity contribution < 1.29 is 17.9 Å². The van der Waals surface area contributed by atoms with Gasteiger partial charge in [-0.1, -0.05) is 5.16 Å². The molecule has 0 aromatic carbocycles. The first-order valence-corrected chi connectivity index (χ1v) is 9.09. The topological polar surface area (TPSA) is 93.3 Å². The molecule has 2 aromatic heterocycles. The number of rotatable bonds is 4. The summed E-state index contributed by atoms with van der Waals surface area (Å²) in [5, 5.41) is 8.66. The minimum atomic E-state index is -1.89. The maximum atomic E-state index is 15.3. The molecule has 2 unspecified atom stereocenters. The molecular formula is C15H20FN5O3S. The van der Waals surface area contributed by atoms with E-state index < -0.39 is 21.7 Å². The lowest BCUT2D eigenvalue weighted by Gasteiger charge is -2.37.